The molecule has 1 atom stereocenters. The third-order valence-corrected chi connectivity index (χ3v) is 3.32. The van der Waals surface area contributed by atoms with Crippen molar-refractivity contribution in [2.24, 2.45) is 0 Å². The summed E-state index contributed by atoms with van der Waals surface area (Å²) >= 11 is 0. The molecule has 1 N–H and O–H groups in total. The van der Waals surface area contributed by atoms with Gasteiger partial charge in [0.1, 0.15) is 12.1 Å². The van der Waals surface area contributed by atoms with E-state index in [9.17, 15) is 0 Å². The first kappa shape index (κ1) is 12.3. The zero-order valence-electron chi connectivity index (χ0n) is 11.2. The highest BCUT2D eigenvalue weighted by Gasteiger charge is 2.25. The zero-order valence-corrected chi connectivity index (χ0v) is 11.2. The number of nitrogens with zero attached hydrogens (tertiary/aromatic N) is 5. The Bertz CT molecular complexity index is 566. The van der Waals surface area contributed by atoms with E-state index in [0.29, 0.717) is 11.8 Å². The molecule has 1 fully saturated rings. The molecule has 1 aliphatic heterocycles. The molecular weight excluding hydrogens is 244 g/mol. The van der Waals surface area contributed by atoms with Crippen LogP contribution < -0.4 is 10.2 Å². The fraction of sp³-hybridized carbons (Fsp3) is 0.583. The number of aromatic nitrogens is 4. The van der Waals surface area contributed by atoms with Crippen molar-refractivity contribution in [2.75, 3.05) is 38.3 Å². The molecule has 7 heteroatoms. The van der Waals surface area contributed by atoms with Crippen molar-refractivity contribution in [2.45, 2.75) is 13.0 Å². The standard InChI is InChI=1S/C12H18N6O/c1-9-5-11(18-12(16-9)14-8-15-18)17-3-4-19-7-10(17)6-13-2/h5,8,10,13H,3-4,6-7H2,1-2H3. The average Bonchev–Trinajstić information content (AvgIpc) is 2.87. The lowest BCUT2D eigenvalue weighted by Gasteiger charge is -2.37. The molecule has 0 aliphatic carbocycles. The van der Waals surface area contributed by atoms with Gasteiger partial charge in [-0.05, 0) is 14.0 Å². The molecule has 0 aromatic carbocycles. The van der Waals surface area contributed by atoms with Crippen LogP contribution in [0.5, 0.6) is 0 Å². The van der Waals surface area contributed by atoms with E-state index in [2.05, 4.69) is 31.3 Å². The Labute approximate surface area is 111 Å². The SMILES string of the molecule is CNCC1COCCN1c1cc(C)nc2ncnn12. The molecule has 19 heavy (non-hydrogen) atoms. The summed E-state index contributed by atoms with van der Waals surface area (Å²) in [5.74, 6) is 1.67. The number of likely N-dealkylation sites (N-methyl/N-ethyl adjacent to an activating group) is 1. The van der Waals surface area contributed by atoms with E-state index in [1.54, 1.807) is 10.8 Å². The maximum Gasteiger partial charge on any atom is 0.254 e. The van der Waals surface area contributed by atoms with Crippen molar-refractivity contribution >= 4 is 11.6 Å². The molecule has 102 valence electrons. The first-order valence-electron chi connectivity index (χ1n) is 6.46. The third kappa shape index (κ3) is 2.26. The highest BCUT2D eigenvalue weighted by atomic mass is 16.5. The minimum atomic E-state index is 0.299. The van der Waals surface area contributed by atoms with Crippen molar-refractivity contribution in [3.63, 3.8) is 0 Å². The molecule has 0 amide bonds. The van der Waals surface area contributed by atoms with Crippen LogP contribution in [0.3, 0.4) is 0 Å². The van der Waals surface area contributed by atoms with Crippen molar-refractivity contribution in [3.8, 4) is 0 Å². The fourth-order valence-electron chi connectivity index (χ4n) is 2.48. The van der Waals surface area contributed by atoms with Gasteiger partial charge in [0.15, 0.2) is 0 Å². The Kier molecular flexibility index (Phi) is 3.31. The van der Waals surface area contributed by atoms with Gasteiger partial charge in [-0.3, -0.25) is 0 Å². The van der Waals surface area contributed by atoms with Crippen LogP contribution in [-0.4, -0.2) is 59.0 Å². The van der Waals surface area contributed by atoms with E-state index < -0.39 is 0 Å². The quantitative estimate of drug-likeness (QED) is 0.830. The minimum absolute atomic E-state index is 0.299. The Hall–Kier alpha value is -1.73. The highest BCUT2D eigenvalue weighted by Crippen LogP contribution is 2.20. The number of rotatable bonds is 3. The molecule has 1 unspecified atom stereocenters. The molecule has 0 radical (unpaired) electrons. The summed E-state index contributed by atoms with van der Waals surface area (Å²) in [7, 11) is 1.95. The summed E-state index contributed by atoms with van der Waals surface area (Å²) in [5.41, 5.74) is 0.949. The predicted octanol–water partition coefficient (Wildman–Crippen LogP) is -0.143. The predicted molar refractivity (Wildman–Crippen MR) is 71.4 cm³/mol. The van der Waals surface area contributed by atoms with Gasteiger partial charge in [-0.25, -0.2) is 4.98 Å². The molecule has 7 nitrogen and oxygen atoms in total. The van der Waals surface area contributed by atoms with Crippen LogP contribution in [0.1, 0.15) is 5.69 Å². The van der Waals surface area contributed by atoms with Crippen molar-refractivity contribution < 1.29 is 4.74 Å². The van der Waals surface area contributed by atoms with Crippen molar-refractivity contribution in [1.29, 1.82) is 0 Å². The molecule has 2 aromatic heterocycles. The summed E-state index contributed by atoms with van der Waals surface area (Å²) < 4.78 is 7.36. The Morgan fingerprint density at radius 1 is 1.53 bits per heavy atom. The molecule has 1 saturated heterocycles. The second kappa shape index (κ2) is 5.10. The Morgan fingerprint density at radius 2 is 2.42 bits per heavy atom. The smallest absolute Gasteiger partial charge is 0.254 e. The number of hydrogen-bond donors (Lipinski definition) is 1. The van der Waals surface area contributed by atoms with Crippen LogP contribution in [-0.2, 0) is 4.74 Å². The van der Waals surface area contributed by atoms with Gasteiger partial charge in [0, 0.05) is 24.8 Å². The Morgan fingerprint density at radius 3 is 3.26 bits per heavy atom. The molecule has 3 rings (SSSR count). The first-order chi connectivity index (χ1) is 9.29. The summed E-state index contributed by atoms with van der Waals surface area (Å²) in [4.78, 5) is 10.9. The molecule has 2 aromatic rings. The summed E-state index contributed by atoms with van der Waals surface area (Å²) in [6.07, 6.45) is 1.54. The lowest BCUT2D eigenvalue weighted by Crippen LogP contribution is -2.50. The largest absolute Gasteiger partial charge is 0.377 e. The Balaban J connectivity index is 2.03. The van der Waals surface area contributed by atoms with Crippen molar-refractivity contribution in [1.82, 2.24) is 24.9 Å². The number of hydrogen-bond acceptors (Lipinski definition) is 6. The van der Waals surface area contributed by atoms with E-state index in [4.69, 9.17) is 4.74 Å². The average molecular weight is 262 g/mol. The van der Waals surface area contributed by atoms with Gasteiger partial charge in [-0.15, -0.1) is 0 Å². The number of fused-ring (bicyclic) bond motifs is 1. The van der Waals surface area contributed by atoms with Crippen molar-refractivity contribution in [3.05, 3.63) is 18.1 Å². The maximum absolute atomic E-state index is 5.57. The fourth-order valence-corrected chi connectivity index (χ4v) is 2.48. The normalized spacial score (nSPS) is 20.1. The van der Waals surface area contributed by atoms with E-state index in [1.807, 2.05) is 14.0 Å². The summed E-state index contributed by atoms with van der Waals surface area (Å²) in [6.45, 7) is 5.16. The van der Waals surface area contributed by atoms with Gasteiger partial charge in [0.25, 0.3) is 5.78 Å². The van der Waals surface area contributed by atoms with E-state index in [0.717, 1.165) is 37.8 Å². The van der Waals surface area contributed by atoms with Crippen LogP contribution in [0.2, 0.25) is 0 Å². The number of anilines is 1. The van der Waals surface area contributed by atoms with Crippen LogP contribution >= 0.6 is 0 Å². The number of morpholine rings is 1. The second-order valence-electron chi connectivity index (χ2n) is 4.71. The van der Waals surface area contributed by atoms with E-state index in [-0.39, 0.29) is 0 Å². The van der Waals surface area contributed by atoms with E-state index in [1.165, 1.54) is 0 Å². The van der Waals surface area contributed by atoms with Crippen LogP contribution in [0, 0.1) is 6.92 Å². The molecule has 1 aliphatic rings. The van der Waals surface area contributed by atoms with Gasteiger partial charge >= 0.3 is 0 Å². The van der Waals surface area contributed by atoms with Crippen LogP contribution in [0.15, 0.2) is 12.4 Å². The highest BCUT2D eigenvalue weighted by molar-refractivity contribution is 5.48. The topological polar surface area (TPSA) is 67.6 Å². The summed E-state index contributed by atoms with van der Waals surface area (Å²) in [5, 5.41) is 7.48. The molecule has 0 bridgehead atoms. The lowest BCUT2D eigenvalue weighted by atomic mass is 10.2. The maximum atomic E-state index is 5.57. The van der Waals surface area contributed by atoms with Gasteiger partial charge in [0.05, 0.1) is 19.3 Å². The minimum Gasteiger partial charge on any atom is -0.377 e. The first-order valence-corrected chi connectivity index (χ1v) is 6.46. The monoisotopic (exact) mass is 262 g/mol. The third-order valence-electron chi connectivity index (χ3n) is 3.32. The van der Waals surface area contributed by atoms with Gasteiger partial charge in [0.2, 0.25) is 0 Å². The zero-order chi connectivity index (χ0) is 13.2. The molecule has 0 saturated carbocycles. The van der Waals surface area contributed by atoms with E-state index >= 15 is 0 Å². The molecular formula is C12H18N6O. The lowest BCUT2D eigenvalue weighted by molar-refractivity contribution is 0.0937. The second-order valence-corrected chi connectivity index (χ2v) is 4.71. The van der Waals surface area contributed by atoms with Crippen LogP contribution in [0.25, 0.3) is 5.78 Å². The van der Waals surface area contributed by atoms with Gasteiger partial charge < -0.3 is 15.0 Å². The van der Waals surface area contributed by atoms with Gasteiger partial charge in [-0.1, -0.05) is 0 Å². The number of aryl methyl sites for hydroxylation is 1. The summed E-state index contributed by atoms with van der Waals surface area (Å²) in [6, 6.07) is 2.35. The molecule has 0 spiro atoms. The van der Waals surface area contributed by atoms with Crippen LogP contribution in [0.4, 0.5) is 5.82 Å². The number of nitrogens with one attached hydrogen (secondary N) is 1. The number of ether oxygens (including phenoxy) is 1. The van der Waals surface area contributed by atoms with Gasteiger partial charge in [-0.2, -0.15) is 14.6 Å². The molecule has 3 heterocycles.